The van der Waals surface area contributed by atoms with Crippen molar-refractivity contribution in [2.75, 3.05) is 0 Å². The lowest BCUT2D eigenvalue weighted by Crippen LogP contribution is -2.35. The molecule has 0 aromatic carbocycles. The van der Waals surface area contributed by atoms with Gasteiger partial charge in [-0.15, -0.1) is 0 Å². The third-order valence-electron chi connectivity index (χ3n) is 1.03. The van der Waals surface area contributed by atoms with E-state index in [1.807, 2.05) is 0 Å². The van der Waals surface area contributed by atoms with Gasteiger partial charge in [0.1, 0.15) is 0 Å². The van der Waals surface area contributed by atoms with Crippen LogP contribution >= 0.6 is 0 Å². The Morgan fingerprint density at radius 3 is 1.19 bits per heavy atom. The van der Waals surface area contributed by atoms with Crippen LogP contribution in [0.4, 0.5) is 26.3 Å². The lowest BCUT2D eigenvalue weighted by atomic mass is 10.5. The van der Waals surface area contributed by atoms with Crippen LogP contribution in [-0.4, -0.2) is 24.2 Å². The van der Waals surface area contributed by atoms with Gasteiger partial charge in [0.25, 0.3) is 0 Å². The number of rotatable bonds is 2. The molecule has 0 bridgehead atoms. The molecule has 0 spiro atoms. The molecule has 0 heterocycles. The molecule has 0 aromatic rings. The largest absolute Gasteiger partial charge is 0.471 e. The summed E-state index contributed by atoms with van der Waals surface area (Å²) in [6.45, 7) is 0. The Bertz CT molecular complexity index is 275. The average molecular weight is 250 g/mol. The standard InChI is InChI=1S/C6H4F6N2O2/c7-5(8,9)3(15)13-1-2-14-4(16)6(10,11)12/h1-2H,(H,13,15)(H,14,16)/b2-1-. The Kier molecular flexibility index (Phi) is 4.33. The molecular formula is C6H4F6N2O2. The van der Waals surface area contributed by atoms with Crippen molar-refractivity contribution in [3.05, 3.63) is 12.4 Å². The summed E-state index contributed by atoms with van der Waals surface area (Å²) >= 11 is 0. The maximum absolute atomic E-state index is 11.5. The molecule has 2 amide bonds. The monoisotopic (exact) mass is 250 g/mol. The van der Waals surface area contributed by atoms with Gasteiger partial charge in [0.15, 0.2) is 0 Å². The van der Waals surface area contributed by atoms with Crippen molar-refractivity contribution < 1.29 is 35.9 Å². The van der Waals surface area contributed by atoms with Crippen molar-refractivity contribution in [2.45, 2.75) is 12.4 Å². The molecule has 0 aliphatic rings. The van der Waals surface area contributed by atoms with Crippen LogP contribution in [0.5, 0.6) is 0 Å². The van der Waals surface area contributed by atoms with E-state index in [9.17, 15) is 35.9 Å². The van der Waals surface area contributed by atoms with E-state index >= 15 is 0 Å². The number of amides is 2. The molecule has 0 unspecified atom stereocenters. The van der Waals surface area contributed by atoms with Crippen LogP contribution in [0.1, 0.15) is 0 Å². The number of alkyl halides is 6. The zero-order valence-electron chi connectivity index (χ0n) is 7.24. The number of carbonyl (C=O) groups is 2. The van der Waals surface area contributed by atoms with Gasteiger partial charge in [0.2, 0.25) is 0 Å². The highest BCUT2D eigenvalue weighted by atomic mass is 19.4. The molecule has 4 nitrogen and oxygen atoms in total. The van der Waals surface area contributed by atoms with Crippen molar-refractivity contribution in [3.63, 3.8) is 0 Å². The molecule has 0 aliphatic heterocycles. The molecule has 0 rings (SSSR count). The van der Waals surface area contributed by atoms with Crippen molar-refractivity contribution in [1.29, 1.82) is 0 Å². The van der Waals surface area contributed by atoms with Gasteiger partial charge in [-0.2, -0.15) is 26.3 Å². The molecule has 0 saturated carbocycles. The normalized spacial score (nSPS) is 12.6. The first-order chi connectivity index (χ1) is 7.05. The van der Waals surface area contributed by atoms with E-state index in [0.717, 1.165) is 10.6 Å². The van der Waals surface area contributed by atoms with Gasteiger partial charge in [-0.25, -0.2) is 0 Å². The lowest BCUT2D eigenvalue weighted by Gasteiger charge is -2.04. The smallest absolute Gasteiger partial charge is 0.323 e. The predicted octanol–water partition coefficient (Wildman–Crippen LogP) is 0.815. The first kappa shape index (κ1) is 14.3. The second-order valence-corrected chi connectivity index (χ2v) is 2.28. The molecule has 0 aromatic heterocycles. The molecule has 2 N–H and O–H groups in total. The first-order valence-electron chi connectivity index (χ1n) is 3.45. The van der Waals surface area contributed by atoms with Crippen LogP contribution in [-0.2, 0) is 9.59 Å². The fourth-order valence-electron chi connectivity index (χ4n) is 0.398. The van der Waals surface area contributed by atoms with Gasteiger partial charge in [-0.05, 0) is 0 Å². The minimum atomic E-state index is -5.15. The van der Waals surface area contributed by atoms with Gasteiger partial charge >= 0.3 is 24.2 Å². The summed E-state index contributed by atoms with van der Waals surface area (Å²) in [6, 6.07) is 0. The summed E-state index contributed by atoms with van der Waals surface area (Å²) in [4.78, 5) is 20.2. The SMILES string of the molecule is O=C(N/C=C\NC(=O)C(F)(F)F)C(F)(F)F. The molecule has 0 aliphatic carbocycles. The number of halogens is 6. The highest BCUT2D eigenvalue weighted by Gasteiger charge is 2.39. The van der Waals surface area contributed by atoms with Gasteiger partial charge in [-0.3, -0.25) is 9.59 Å². The summed E-state index contributed by atoms with van der Waals surface area (Å²) in [5.74, 6) is -4.74. The third kappa shape index (κ3) is 5.22. The molecule has 92 valence electrons. The third-order valence-corrected chi connectivity index (χ3v) is 1.03. The fraction of sp³-hybridized carbons (Fsp3) is 0.333. The lowest BCUT2D eigenvalue weighted by molar-refractivity contribution is -0.172. The van der Waals surface area contributed by atoms with Crippen LogP contribution in [0.2, 0.25) is 0 Å². The van der Waals surface area contributed by atoms with Crippen LogP contribution in [0, 0.1) is 0 Å². The van der Waals surface area contributed by atoms with Crippen molar-refractivity contribution in [3.8, 4) is 0 Å². The maximum Gasteiger partial charge on any atom is 0.471 e. The summed E-state index contributed by atoms with van der Waals surface area (Å²) in [5, 5.41) is 2.21. The van der Waals surface area contributed by atoms with Gasteiger partial charge in [-0.1, -0.05) is 0 Å². The highest BCUT2D eigenvalue weighted by molar-refractivity contribution is 5.83. The predicted molar refractivity (Wildman–Crippen MR) is 37.5 cm³/mol. The molecule has 0 fully saturated rings. The van der Waals surface area contributed by atoms with Crippen molar-refractivity contribution in [1.82, 2.24) is 10.6 Å². The number of nitrogens with one attached hydrogen (secondary N) is 2. The second-order valence-electron chi connectivity index (χ2n) is 2.28. The Morgan fingerprint density at radius 2 is 1.00 bits per heavy atom. The molecular weight excluding hydrogens is 246 g/mol. The van der Waals surface area contributed by atoms with Crippen LogP contribution in [0.15, 0.2) is 12.4 Å². The van der Waals surface area contributed by atoms with E-state index in [0.29, 0.717) is 0 Å². The Balaban J connectivity index is 4.07. The molecule has 0 atom stereocenters. The average Bonchev–Trinajstić information content (AvgIpc) is 2.08. The summed E-state index contributed by atoms with van der Waals surface area (Å²) in [7, 11) is 0. The van der Waals surface area contributed by atoms with Gasteiger partial charge in [0, 0.05) is 12.4 Å². The van der Waals surface area contributed by atoms with Crippen molar-refractivity contribution in [2.24, 2.45) is 0 Å². The Morgan fingerprint density at radius 1 is 0.750 bits per heavy atom. The van der Waals surface area contributed by atoms with Gasteiger partial charge in [0.05, 0.1) is 0 Å². The minimum absolute atomic E-state index is 0.222. The highest BCUT2D eigenvalue weighted by Crippen LogP contribution is 2.14. The quantitative estimate of drug-likeness (QED) is 0.712. The summed E-state index contributed by atoms with van der Waals surface area (Å²) < 4.78 is 69.1. The molecule has 16 heavy (non-hydrogen) atoms. The zero-order valence-corrected chi connectivity index (χ0v) is 7.24. The van der Waals surface area contributed by atoms with E-state index in [4.69, 9.17) is 0 Å². The van der Waals surface area contributed by atoms with Crippen LogP contribution in [0.25, 0.3) is 0 Å². The fourth-order valence-corrected chi connectivity index (χ4v) is 0.398. The summed E-state index contributed by atoms with van der Waals surface area (Å²) in [5.41, 5.74) is 0. The van der Waals surface area contributed by atoms with E-state index < -0.39 is 24.2 Å². The van der Waals surface area contributed by atoms with E-state index in [1.54, 1.807) is 0 Å². The number of hydrogen-bond donors (Lipinski definition) is 2. The molecule has 0 radical (unpaired) electrons. The summed E-state index contributed by atoms with van der Waals surface area (Å²) in [6.07, 6.45) is -9.87. The maximum atomic E-state index is 11.5. The number of hydrogen-bond acceptors (Lipinski definition) is 2. The topological polar surface area (TPSA) is 58.2 Å². The number of carbonyl (C=O) groups excluding carboxylic acids is 2. The van der Waals surface area contributed by atoms with E-state index in [2.05, 4.69) is 0 Å². The van der Waals surface area contributed by atoms with Crippen molar-refractivity contribution >= 4 is 11.8 Å². The van der Waals surface area contributed by atoms with Gasteiger partial charge < -0.3 is 10.6 Å². The molecule has 0 saturated heterocycles. The van der Waals surface area contributed by atoms with Crippen LogP contribution < -0.4 is 10.6 Å². The second kappa shape index (κ2) is 4.86. The van der Waals surface area contributed by atoms with Crippen LogP contribution in [0.3, 0.4) is 0 Å². The first-order valence-corrected chi connectivity index (χ1v) is 3.45. The molecule has 10 heteroatoms. The minimum Gasteiger partial charge on any atom is -0.323 e. The zero-order chi connectivity index (χ0) is 13.0. The van der Waals surface area contributed by atoms with E-state index in [-0.39, 0.29) is 12.4 Å². The van der Waals surface area contributed by atoms with E-state index in [1.165, 1.54) is 0 Å². The Hall–Kier alpha value is -1.74. The Labute approximate surface area is 84.3 Å².